The van der Waals surface area contributed by atoms with E-state index in [4.69, 9.17) is 17.2 Å². The molecule has 0 fully saturated rings. The number of thiol groups is 1. The molecule has 0 aromatic carbocycles. The second-order valence-electron chi connectivity index (χ2n) is 6.59. The SMILES string of the molecule is CC(C)C(NC(=O)C(CS)NC(=O)CN)C(=O)NC(CCCN=C(N)N)C(=O)O. The molecule has 10 N–H and O–H groups in total. The normalized spacial score (nSPS) is 13.7. The number of carbonyl (C=O) groups is 4. The molecule has 0 aromatic heterocycles. The van der Waals surface area contributed by atoms with Gasteiger partial charge in [0, 0.05) is 12.3 Å². The lowest BCUT2D eigenvalue weighted by atomic mass is 10.0. The summed E-state index contributed by atoms with van der Waals surface area (Å²) in [7, 11) is 0. The maximum Gasteiger partial charge on any atom is 0.326 e. The van der Waals surface area contributed by atoms with Crippen molar-refractivity contribution in [2.45, 2.75) is 44.8 Å². The summed E-state index contributed by atoms with van der Waals surface area (Å²) in [4.78, 5) is 51.6. The first-order chi connectivity index (χ1) is 13.5. The molecule has 3 amide bonds. The molecule has 0 saturated carbocycles. The lowest BCUT2D eigenvalue weighted by Crippen LogP contribution is -2.58. The summed E-state index contributed by atoms with van der Waals surface area (Å²) >= 11 is 4.02. The zero-order valence-corrected chi connectivity index (χ0v) is 17.4. The van der Waals surface area contributed by atoms with Gasteiger partial charge in [-0.05, 0) is 18.8 Å². The summed E-state index contributed by atoms with van der Waals surface area (Å²) in [6, 6.07) is -3.18. The fourth-order valence-corrected chi connectivity index (χ4v) is 2.52. The van der Waals surface area contributed by atoms with E-state index in [1.54, 1.807) is 13.8 Å². The minimum absolute atomic E-state index is 0.00739. The molecule has 0 aromatic rings. The molecule has 12 nitrogen and oxygen atoms in total. The number of rotatable bonds is 13. The molecule has 3 atom stereocenters. The van der Waals surface area contributed by atoms with Crippen LogP contribution in [0.4, 0.5) is 0 Å². The third-order valence-electron chi connectivity index (χ3n) is 3.83. The summed E-state index contributed by atoms with van der Waals surface area (Å²) in [6.07, 6.45) is 0.434. The van der Waals surface area contributed by atoms with Gasteiger partial charge >= 0.3 is 5.97 Å². The van der Waals surface area contributed by atoms with E-state index >= 15 is 0 Å². The number of carboxylic acid groups (broad SMARTS) is 1. The van der Waals surface area contributed by atoms with E-state index in [0.717, 1.165) is 0 Å². The predicted octanol–water partition coefficient (Wildman–Crippen LogP) is -2.88. The van der Waals surface area contributed by atoms with E-state index in [2.05, 4.69) is 33.6 Å². The lowest BCUT2D eigenvalue weighted by molar-refractivity contribution is -0.142. The number of aliphatic imine (C=N–C) groups is 1. The fourth-order valence-electron chi connectivity index (χ4n) is 2.26. The molecule has 0 rings (SSSR count). The maximum absolute atomic E-state index is 12.6. The predicted molar refractivity (Wildman–Crippen MR) is 111 cm³/mol. The van der Waals surface area contributed by atoms with Crippen LogP contribution in [0.2, 0.25) is 0 Å². The number of nitrogens with zero attached hydrogens (tertiary/aromatic N) is 1. The first kappa shape index (κ1) is 26.5. The van der Waals surface area contributed by atoms with Crippen LogP contribution in [-0.2, 0) is 19.2 Å². The molecule has 0 bridgehead atoms. The second-order valence-corrected chi connectivity index (χ2v) is 6.95. The average molecular weight is 434 g/mol. The number of aliphatic carboxylic acids is 1. The molecule has 0 spiro atoms. The third kappa shape index (κ3) is 10.5. The van der Waals surface area contributed by atoms with Gasteiger partial charge in [0.1, 0.15) is 18.1 Å². The van der Waals surface area contributed by atoms with Gasteiger partial charge < -0.3 is 38.3 Å². The van der Waals surface area contributed by atoms with Crippen LogP contribution in [0.25, 0.3) is 0 Å². The molecular formula is C16H31N7O5S. The average Bonchev–Trinajstić information content (AvgIpc) is 2.64. The Hall–Kier alpha value is -2.54. The topological polar surface area (TPSA) is 215 Å². The number of carbonyl (C=O) groups excluding carboxylic acids is 3. The van der Waals surface area contributed by atoms with Crippen molar-refractivity contribution in [3.8, 4) is 0 Å². The number of nitrogens with one attached hydrogen (secondary N) is 3. The van der Waals surface area contributed by atoms with Gasteiger partial charge in [-0.2, -0.15) is 12.6 Å². The Morgan fingerprint density at radius 3 is 2.10 bits per heavy atom. The van der Waals surface area contributed by atoms with Crippen molar-refractivity contribution in [2.75, 3.05) is 18.8 Å². The Morgan fingerprint density at radius 1 is 1.03 bits per heavy atom. The van der Waals surface area contributed by atoms with Crippen molar-refractivity contribution in [1.29, 1.82) is 0 Å². The standard InChI is InChI=1S/C16H31N7O5S/c1-8(2)12(23-13(25)10(7-29)21-11(24)6-17)14(26)22-9(15(27)28)4-3-5-20-16(18)19/h8-10,12,29H,3-7,17H2,1-2H3,(H,21,24)(H,22,26)(H,23,25)(H,27,28)(H4,18,19,20). The van der Waals surface area contributed by atoms with Crippen molar-refractivity contribution in [1.82, 2.24) is 16.0 Å². The smallest absolute Gasteiger partial charge is 0.326 e. The third-order valence-corrected chi connectivity index (χ3v) is 4.19. The van der Waals surface area contributed by atoms with E-state index < -0.39 is 41.8 Å². The number of amides is 3. The van der Waals surface area contributed by atoms with Crippen LogP contribution in [0.1, 0.15) is 26.7 Å². The summed E-state index contributed by atoms with van der Waals surface area (Å²) in [5.74, 6) is -3.52. The largest absolute Gasteiger partial charge is 0.480 e. The molecular weight excluding hydrogens is 402 g/mol. The van der Waals surface area contributed by atoms with Crippen molar-refractivity contribution >= 4 is 42.3 Å². The Labute approximate surface area is 174 Å². The molecule has 0 aliphatic heterocycles. The van der Waals surface area contributed by atoms with Gasteiger partial charge in [0.15, 0.2) is 5.96 Å². The molecule has 0 radical (unpaired) electrons. The van der Waals surface area contributed by atoms with E-state index in [1.807, 2.05) is 0 Å². The number of hydrogen-bond acceptors (Lipinski definition) is 7. The Morgan fingerprint density at radius 2 is 1.66 bits per heavy atom. The van der Waals surface area contributed by atoms with Gasteiger partial charge in [-0.25, -0.2) is 4.79 Å². The Bertz CT molecular complexity index is 610. The van der Waals surface area contributed by atoms with Gasteiger partial charge in [0.05, 0.1) is 6.54 Å². The van der Waals surface area contributed by atoms with Gasteiger partial charge in [-0.15, -0.1) is 0 Å². The van der Waals surface area contributed by atoms with Crippen molar-refractivity contribution in [3.05, 3.63) is 0 Å². The Balaban J connectivity index is 5.04. The molecule has 0 aliphatic rings. The number of hydrogen-bond donors (Lipinski definition) is 8. The number of guanidine groups is 1. The van der Waals surface area contributed by atoms with E-state index in [-0.39, 0.29) is 37.1 Å². The fraction of sp³-hybridized carbons (Fsp3) is 0.688. The summed E-state index contributed by atoms with van der Waals surface area (Å²) in [5, 5.41) is 16.6. The highest BCUT2D eigenvalue weighted by molar-refractivity contribution is 7.80. The van der Waals surface area contributed by atoms with Crippen LogP contribution in [-0.4, -0.2) is 71.7 Å². The molecule has 29 heavy (non-hydrogen) atoms. The van der Waals surface area contributed by atoms with Crippen LogP contribution < -0.4 is 33.2 Å². The van der Waals surface area contributed by atoms with Crippen molar-refractivity contribution in [3.63, 3.8) is 0 Å². The number of carboxylic acids is 1. The first-order valence-corrected chi connectivity index (χ1v) is 9.65. The van der Waals surface area contributed by atoms with Gasteiger partial charge in [-0.3, -0.25) is 19.4 Å². The summed E-state index contributed by atoms with van der Waals surface area (Å²) in [5.41, 5.74) is 15.6. The minimum atomic E-state index is -1.22. The van der Waals surface area contributed by atoms with Crippen LogP contribution in [0.3, 0.4) is 0 Å². The lowest BCUT2D eigenvalue weighted by Gasteiger charge is -2.26. The monoisotopic (exact) mass is 433 g/mol. The van der Waals surface area contributed by atoms with E-state index in [0.29, 0.717) is 6.42 Å². The van der Waals surface area contributed by atoms with E-state index in [1.165, 1.54) is 0 Å². The van der Waals surface area contributed by atoms with Crippen LogP contribution in [0.5, 0.6) is 0 Å². The summed E-state index contributed by atoms with van der Waals surface area (Å²) < 4.78 is 0. The van der Waals surface area contributed by atoms with Crippen molar-refractivity contribution < 1.29 is 24.3 Å². The van der Waals surface area contributed by atoms with Crippen molar-refractivity contribution in [2.24, 2.45) is 28.1 Å². The maximum atomic E-state index is 12.6. The molecule has 0 aliphatic carbocycles. The van der Waals surface area contributed by atoms with Gasteiger partial charge in [-0.1, -0.05) is 13.8 Å². The zero-order valence-electron chi connectivity index (χ0n) is 16.6. The van der Waals surface area contributed by atoms with Gasteiger partial charge in [0.25, 0.3) is 0 Å². The minimum Gasteiger partial charge on any atom is -0.480 e. The van der Waals surface area contributed by atoms with E-state index in [9.17, 15) is 24.3 Å². The van der Waals surface area contributed by atoms with Crippen LogP contribution in [0, 0.1) is 5.92 Å². The van der Waals surface area contributed by atoms with Crippen LogP contribution in [0.15, 0.2) is 4.99 Å². The highest BCUT2D eigenvalue weighted by Gasteiger charge is 2.30. The second kappa shape index (κ2) is 13.6. The number of nitrogens with two attached hydrogens (primary N) is 3. The Kier molecular flexibility index (Phi) is 12.4. The van der Waals surface area contributed by atoms with Gasteiger partial charge in [0.2, 0.25) is 17.7 Å². The highest BCUT2D eigenvalue weighted by Crippen LogP contribution is 2.06. The highest BCUT2D eigenvalue weighted by atomic mass is 32.1. The molecule has 13 heteroatoms. The quantitative estimate of drug-likeness (QED) is 0.0651. The summed E-state index contributed by atoms with van der Waals surface area (Å²) in [6.45, 7) is 3.29. The molecule has 0 saturated heterocycles. The molecule has 3 unspecified atom stereocenters. The molecule has 0 heterocycles. The molecule has 166 valence electrons. The van der Waals surface area contributed by atoms with Crippen LogP contribution >= 0.6 is 12.6 Å². The first-order valence-electron chi connectivity index (χ1n) is 9.02. The zero-order chi connectivity index (χ0) is 22.6.